The Hall–Kier alpha value is -4.28. The molecule has 1 aliphatic rings. The molecule has 37 heavy (non-hydrogen) atoms. The van der Waals surface area contributed by atoms with Gasteiger partial charge in [0.2, 0.25) is 0 Å². The average Bonchev–Trinajstić information content (AvgIpc) is 3.33. The zero-order valence-corrected chi connectivity index (χ0v) is 20.7. The molecule has 0 unspecified atom stereocenters. The highest BCUT2D eigenvalue weighted by atomic mass is 16.3. The fraction of sp³-hybridized carbons (Fsp3) is 0.267. The highest BCUT2D eigenvalue weighted by Gasteiger charge is 2.21. The summed E-state index contributed by atoms with van der Waals surface area (Å²) >= 11 is 0. The molecule has 0 spiro atoms. The fourth-order valence-corrected chi connectivity index (χ4v) is 5.32. The average molecular weight is 489 g/mol. The molecule has 3 aromatic heterocycles. The number of pyridine rings is 2. The van der Waals surface area contributed by atoms with Gasteiger partial charge in [0.15, 0.2) is 5.65 Å². The van der Waals surface area contributed by atoms with Crippen LogP contribution in [0.15, 0.2) is 67.0 Å². The second kappa shape index (κ2) is 9.64. The van der Waals surface area contributed by atoms with E-state index < -0.39 is 0 Å². The van der Waals surface area contributed by atoms with Gasteiger partial charge in [0.1, 0.15) is 6.07 Å². The minimum Gasteiger partial charge on any atom is -0.393 e. The predicted molar refractivity (Wildman–Crippen MR) is 146 cm³/mol. The van der Waals surface area contributed by atoms with Crippen molar-refractivity contribution < 1.29 is 5.11 Å². The van der Waals surface area contributed by atoms with Gasteiger partial charge in [0.05, 0.1) is 39.6 Å². The van der Waals surface area contributed by atoms with Crippen LogP contribution in [-0.4, -0.2) is 37.0 Å². The molecule has 0 amide bonds. The van der Waals surface area contributed by atoms with Crippen molar-refractivity contribution in [2.75, 3.05) is 5.32 Å². The van der Waals surface area contributed by atoms with E-state index in [0.717, 1.165) is 82.2 Å². The van der Waals surface area contributed by atoms with Crippen molar-refractivity contribution in [3.8, 4) is 22.9 Å². The van der Waals surface area contributed by atoms with Crippen molar-refractivity contribution in [2.45, 2.75) is 51.2 Å². The normalized spacial score (nSPS) is 17.6. The van der Waals surface area contributed by atoms with Gasteiger partial charge in [-0.05, 0) is 74.1 Å². The van der Waals surface area contributed by atoms with Crippen molar-refractivity contribution in [3.63, 3.8) is 0 Å². The number of aliphatic hydroxyl groups is 1. The summed E-state index contributed by atoms with van der Waals surface area (Å²) in [5.74, 6) is 0. The lowest BCUT2D eigenvalue weighted by molar-refractivity contribution is 0.126. The molecule has 7 nitrogen and oxygen atoms in total. The molecule has 3 heterocycles. The van der Waals surface area contributed by atoms with Gasteiger partial charge in [-0.3, -0.25) is 4.98 Å². The van der Waals surface area contributed by atoms with Crippen LogP contribution >= 0.6 is 0 Å². The SMILES string of the molecule is CCc1nn(-c2ccc(C#N)c(NC3CCC(O)CC3)c2)c2nccc(-c3cnc4ccccc4c3)c12. The van der Waals surface area contributed by atoms with Gasteiger partial charge >= 0.3 is 0 Å². The molecule has 2 N–H and O–H groups in total. The largest absolute Gasteiger partial charge is 0.393 e. The Morgan fingerprint density at radius 2 is 1.89 bits per heavy atom. The lowest BCUT2D eigenvalue weighted by Gasteiger charge is -2.27. The Balaban J connectivity index is 1.44. The van der Waals surface area contributed by atoms with Gasteiger partial charge in [-0.25, -0.2) is 9.67 Å². The van der Waals surface area contributed by atoms with Gasteiger partial charge in [0, 0.05) is 29.4 Å². The van der Waals surface area contributed by atoms with E-state index in [-0.39, 0.29) is 12.1 Å². The Bertz CT molecular complexity index is 1640. The zero-order valence-electron chi connectivity index (χ0n) is 20.7. The number of aliphatic hydroxyl groups excluding tert-OH is 1. The van der Waals surface area contributed by atoms with Crippen LogP contribution in [0, 0.1) is 11.3 Å². The third kappa shape index (κ3) is 4.30. The Morgan fingerprint density at radius 1 is 1.05 bits per heavy atom. The minimum atomic E-state index is -0.221. The number of benzene rings is 2. The van der Waals surface area contributed by atoms with E-state index in [1.807, 2.05) is 59.5 Å². The maximum Gasteiger partial charge on any atom is 0.163 e. The molecule has 184 valence electrons. The summed E-state index contributed by atoms with van der Waals surface area (Å²) in [7, 11) is 0. The standard InChI is InChI=1S/C30H28N6O/c1-2-26-29-25(21-15-19-5-3-4-6-27(19)33-18-21)13-14-32-30(29)36(35-26)23-10-7-20(17-31)28(16-23)34-22-8-11-24(37)12-9-22/h3-7,10,13-16,18,22,24,34,37H,2,8-9,11-12H2,1H3. The van der Waals surface area contributed by atoms with Crippen LogP contribution < -0.4 is 5.32 Å². The fourth-order valence-electron chi connectivity index (χ4n) is 5.32. The maximum absolute atomic E-state index is 9.87. The highest BCUT2D eigenvalue weighted by Crippen LogP contribution is 2.33. The summed E-state index contributed by atoms with van der Waals surface area (Å²) in [5.41, 5.74) is 7.03. The molecule has 2 aromatic carbocycles. The highest BCUT2D eigenvalue weighted by molar-refractivity contribution is 5.97. The summed E-state index contributed by atoms with van der Waals surface area (Å²) in [6, 6.07) is 20.6. The van der Waals surface area contributed by atoms with Crippen molar-refractivity contribution in [1.82, 2.24) is 19.7 Å². The number of hydrogen-bond acceptors (Lipinski definition) is 6. The molecule has 0 saturated heterocycles. The second-order valence-electron chi connectivity index (χ2n) is 9.68. The van der Waals surface area contributed by atoms with Gasteiger partial charge < -0.3 is 10.4 Å². The second-order valence-corrected chi connectivity index (χ2v) is 9.68. The molecule has 0 radical (unpaired) electrons. The Labute approximate surface area is 215 Å². The van der Waals surface area contributed by atoms with Crippen molar-refractivity contribution in [2.24, 2.45) is 0 Å². The van der Waals surface area contributed by atoms with Crippen molar-refractivity contribution in [1.29, 1.82) is 5.26 Å². The van der Waals surface area contributed by atoms with Crippen molar-refractivity contribution in [3.05, 3.63) is 78.2 Å². The van der Waals surface area contributed by atoms with Gasteiger partial charge in [-0.1, -0.05) is 25.1 Å². The first-order valence-electron chi connectivity index (χ1n) is 12.9. The molecule has 5 aromatic rings. The molecule has 7 heteroatoms. The third-order valence-electron chi connectivity index (χ3n) is 7.30. The monoisotopic (exact) mass is 488 g/mol. The summed E-state index contributed by atoms with van der Waals surface area (Å²) in [5, 5.41) is 30.2. The predicted octanol–water partition coefficient (Wildman–Crippen LogP) is 5.79. The third-order valence-corrected chi connectivity index (χ3v) is 7.30. The van der Waals surface area contributed by atoms with E-state index in [1.54, 1.807) is 0 Å². The van der Waals surface area contributed by atoms with Crippen LogP contribution in [0.3, 0.4) is 0 Å². The first-order valence-corrected chi connectivity index (χ1v) is 12.9. The number of fused-ring (bicyclic) bond motifs is 2. The summed E-state index contributed by atoms with van der Waals surface area (Å²) in [6.07, 6.45) is 7.59. The number of para-hydroxylation sites is 1. The van der Waals surface area contributed by atoms with E-state index in [1.165, 1.54) is 0 Å². The molecule has 0 bridgehead atoms. The number of hydrogen-bond donors (Lipinski definition) is 2. The smallest absolute Gasteiger partial charge is 0.163 e. The number of nitrogens with zero attached hydrogens (tertiary/aromatic N) is 5. The summed E-state index contributed by atoms with van der Waals surface area (Å²) < 4.78 is 1.88. The molecule has 0 atom stereocenters. The molecule has 1 fully saturated rings. The number of rotatable bonds is 5. The number of nitrogens with one attached hydrogen (secondary N) is 1. The van der Waals surface area contributed by atoms with Crippen LogP contribution in [0.5, 0.6) is 0 Å². The summed E-state index contributed by atoms with van der Waals surface area (Å²) in [4.78, 5) is 9.41. The number of nitriles is 1. The zero-order chi connectivity index (χ0) is 25.4. The Kier molecular flexibility index (Phi) is 6.03. The van der Waals surface area contributed by atoms with E-state index in [4.69, 9.17) is 10.1 Å². The quantitative estimate of drug-likeness (QED) is 0.325. The van der Waals surface area contributed by atoms with E-state index in [9.17, 15) is 10.4 Å². The van der Waals surface area contributed by atoms with E-state index >= 15 is 0 Å². The first-order chi connectivity index (χ1) is 18.1. The molecular weight excluding hydrogens is 460 g/mol. The first kappa shape index (κ1) is 23.1. The number of anilines is 1. The van der Waals surface area contributed by atoms with Gasteiger partial charge in [-0.15, -0.1) is 0 Å². The Morgan fingerprint density at radius 3 is 2.70 bits per heavy atom. The number of aryl methyl sites for hydroxylation is 1. The minimum absolute atomic E-state index is 0.221. The van der Waals surface area contributed by atoms with Crippen molar-refractivity contribution >= 4 is 27.6 Å². The molecule has 1 saturated carbocycles. The maximum atomic E-state index is 9.87. The summed E-state index contributed by atoms with van der Waals surface area (Å²) in [6.45, 7) is 2.10. The van der Waals surface area contributed by atoms with E-state index in [2.05, 4.69) is 35.4 Å². The van der Waals surface area contributed by atoms with Crippen LogP contribution in [0.2, 0.25) is 0 Å². The number of aromatic nitrogens is 4. The lowest BCUT2D eigenvalue weighted by Crippen LogP contribution is -2.28. The van der Waals surface area contributed by atoms with Gasteiger partial charge in [0.25, 0.3) is 0 Å². The molecule has 0 aliphatic heterocycles. The van der Waals surface area contributed by atoms with Crippen LogP contribution in [-0.2, 0) is 6.42 Å². The molecule has 1 aliphatic carbocycles. The van der Waals surface area contributed by atoms with Crippen LogP contribution in [0.25, 0.3) is 38.8 Å². The topological polar surface area (TPSA) is 99.7 Å². The van der Waals surface area contributed by atoms with Gasteiger partial charge in [-0.2, -0.15) is 10.4 Å². The molecular formula is C30H28N6O. The van der Waals surface area contributed by atoms with E-state index in [0.29, 0.717) is 5.56 Å². The van der Waals surface area contributed by atoms with Crippen LogP contribution in [0.4, 0.5) is 5.69 Å². The van der Waals surface area contributed by atoms with Crippen LogP contribution in [0.1, 0.15) is 43.9 Å². The lowest BCUT2D eigenvalue weighted by atomic mass is 9.93. The molecule has 6 rings (SSSR count).